The lowest BCUT2D eigenvalue weighted by atomic mass is 10.2. The van der Waals surface area contributed by atoms with Crippen LogP contribution in [-0.4, -0.2) is 26.0 Å². The summed E-state index contributed by atoms with van der Waals surface area (Å²) in [4.78, 5) is 7.58. The Bertz CT molecular complexity index is 679. The fourth-order valence-electron chi connectivity index (χ4n) is 1.69. The van der Waals surface area contributed by atoms with Gasteiger partial charge in [-0.05, 0) is 24.3 Å². The summed E-state index contributed by atoms with van der Waals surface area (Å²) in [6.07, 6.45) is 1.67. The van der Waals surface area contributed by atoms with Crippen LogP contribution >= 0.6 is 0 Å². The Balaban J connectivity index is 2.16. The maximum absolute atomic E-state index is 7.38. The number of nitrogens with one attached hydrogen (secondary N) is 3. The number of benzene rings is 1. The fourth-order valence-corrected chi connectivity index (χ4v) is 1.69. The average Bonchev–Trinajstić information content (AvgIpc) is 2.96. The number of hydrogen-bond acceptors (Lipinski definition) is 3. The maximum Gasteiger partial charge on any atom is 0.156 e. The van der Waals surface area contributed by atoms with Gasteiger partial charge >= 0.3 is 0 Å². The van der Waals surface area contributed by atoms with Crippen LogP contribution in [0.1, 0.15) is 5.56 Å². The standard InChI is InChI=1S/C11H10N6/c12-10(13)6-1-2-7-9(5-6)16-11(15-7)8-3-4-14-17-8/h1-5H,(H3,12,13)(H,14,17)(H,15,16). The van der Waals surface area contributed by atoms with Gasteiger partial charge in [-0.3, -0.25) is 10.5 Å². The number of nitrogen functional groups attached to an aromatic ring is 1. The molecule has 5 N–H and O–H groups in total. The third-order valence-electron chi connectivity index (χ3n) is 2.55. The summed E-state index contributed by atoms with van der Waals surface area (Å²) < 4.78 is 0. The van der Waals surface area contributed by atoms with Gasteiger partial charge in [-0.25, -0.2) is 4.98 Å². The highest BCUT2D eigenvalue weighted by Crippen LogP contribution is 2.19. The largest absolute Gasteiger partial charge is 0.384 e. The second-order valence-electron chi connectivity index (χ2n) is 3.70. The molecule has 3 rings (SSSR count). The fraction of sp³-hybridized carbons (Fsp3) is 0. The molecular formula is C11H10N6. The summed E-state index contributed by atoms with van der Waals surface area (Å²) >= 11 is 0. The Morgan fingerprint density at radius 2 is 2.18 bits per heavy atom. The predicted molar refractivity (Wildman–Crippen MR) is 64.7 cm³/mol. The van der Waals surface area contributed by atoms with Gasteiger partial charge in [0.2, 0.25) is 0 Å². The van der Waals surface area contributed by atoms with Crippen molar-refractivity contribution in [3.63, 3.8) is 0 Å². The first-order chi connectivity index (χ1) is 8.24. The van der Waals surface area contributed by atoms with E-state index in [-0.39, 0.29) is 5.84 Å². The van der Waals surface area contributed by atoms with Gasteiger partial charge in [0.15, 0.2) is 5.82 Å². The number of nitrogens with two attached hydrogens (primary N) is 1. The molecule has 0 aliphatic carbocycles. The van der Waals surface area contributed by atoms with Gasteiger partial charge in [0.05, 0.1) is 11.0 Å². The molecule has 84 valence electrons. The van der Waals surface area contributed by atoms with Crippen LogP contribution in [0.3, 0.4) is 0 Å². The molecule has 1 aromatic carbocycles. The van der Waals surface area contributed by atoms with Gasteiger partial charge in [0, 0.05) is 11.8 Å². The zero-order chi connectivity index (χ0) is 11.8. The lowest BCUT2D eigenvalue weighted by Crippen LogP contribution is -2.10. The Morgan fingerprint density at radius 1 is 1.29 bits per heavy atom. The highest BCUT2D eigenvalue weighted by molar-refractivity contribution is 5.98. The summed E-state index contributed by atoms with van der Waals surface area (Å²) in [6.45, 7) is 0. The van der Waals surface area contributed by atoms with E-state index >= 15 is 0 Å². The Hall–Kier alpha value is -2.63. The van der Waals surface area contributed by atoms with E-state index in [1.165, 1.54) is 0 Å². The number of imidazole rings is 1. The number of H-pyrrole nitrogens is 2. The van der Waals surface area contributed by atoms with Crippen LogP contribution in [0, 0.1) is 5.41 Å². The number of hydrogen-bond donors (Lipinski definition) is 4. The SMILES string of the molecule is N=C(N)c1ccc2nc(-c3ccn[nH]3)[nH]c2c1. The molecule has 3 aromatic rings. The molecule has 0 saturated carbocycles. The predicted octanol–water partition coefficient (Wildman–Crippen LogP) is 1.24. The van der Waals surface area contributed by atoms with Crippen molar-refractivity contribution in [1.29, 1.82) is 5.41 Å². The molecule has 6 heteroatoms. The zero-order valence-electron chi connectivity index (χ0n) is 8.86. The van der Waals surface area contributed by atoms with Crippen LogP contribution in [0.4, 0.5) is 0 Å². The number of amidine groups is 1. The number of aromatic amines is 2. The van der Waals surface area contributed by atoms with Gasteiger partial charge in [-0.15, -0.1) is 0 Å². The topological polar surface area (TPSA) is 107 Å². The van der Waals surface area contributed by atoms with Crippen LogP contribution in [0.25, 0.3) is 22.6 Å². The first kappa shape index (κ1) is 9.59. The third kappa shape index (κ3) is 1.55. The van der Waals surface area contributed by atoms with Crippen molar-refractivity contribution in [2.24, 2.45) is 5.73 Å². The van der Waals surface area contributed by atoms with Crippen molar-refractivity contribution < 1.29 is 0 Å². The summed E-state index contributed by atoms with van der Waals surface area (Å²) in [5.41, 5.74) is 8.62. The first-order valence-corrected chi connectivity index (χ1v) is 5.08. The van der Waals surface area contributed by atoms with Crippen LogP contribution in [0.15, 0.2) is 30.5 Å². The Kier molecular flexibility index (Phi) is 1.94. The second kappa shape index (κ2) is 3.44. The summed E-state index contributed by atoms with van der Waals surface area (Å²) in [7, 11) is 0. The molecule has 2 aromatic heterocycles. The van der Waals surface area contributed by atoms with Gasteiger partial charge in [-0.2, -0.15) is 5.10 Å². The molecule has 0 amide bonds. The van der Waals surface area contributed by atoms with E-state index in [2.05, 4.69) is 20.2 Å². The van der Waals surface area contributed by atoms with Gasteiger partial charge in [0.1, 0.15) is 11.5 Å². The van der Waals surface area contributed by atoms with E-state index < -0.39 is 0 Å². The minimum absolute atomic E-state index is 0.0459. The van der Waals surface area contributed by atoms with Crippen LogP contribution in [0.5, 0.6) is 0 Å². The zero-order valence-corrected chi connectivity index (χ0v) is 8.86. The van der Waals surface area contributed by atoms with E-state index in [9.17, 15) is 0 Å². The Labute approximate surface area is 96.4 Å². The summed E-state index contributed by atoms with van der Waals surface area (Å²) in [6, 6.07) is 7.26. The molecule has 0 spiro atoms. The molecule has 17 heavy (non-hydrogen) atoms. The normalized spacial score (nSPS) is 10.8. The molecule has 0 aliphatic rings. The van der Waals surface area contributed by atoms with E-state index in [4.69, 9.17) is 11.1 Å². The van der Waals surface area contributed by atoms with Crippen LogP contribution in [0.2, 0.25) is 0 Å². The van der Waals surface area contributed by atoms with Crippen molar-refractivity contribution in [3.8, 4) is 11.5 Å². The number of rotatable bonds is 2. The number of aromatic nitrogens is 4. The summed E-state index contributed by atoms with van der Waals surface area (Å²) in [5.74, 6) is 0.766. The second-order valence-corrected chi connectivity index (χ2v) is 3.70. The molecule has 0 bridgehead atoms. The molecule has 0 unspecified atom stereocenters. The molecule has 6 nitrogen and oxygen atoms in total. The molecule has 0 saturated heterocycles. The first-order valence-electron chi connectivity index (χ1n) is 5.08. The van der Waals surface area contributed by atoms with Gasteiger partial charge in [0.25, 0.3) is 0 Å². The molecule has 0 radical (unpaired) electrons. The number of nitrogens with zero attached hydrogens (tertiary/aromatic N) is 2. The summed E-state index contributed by atoms with van der Waals surface area (Å²) in [5, 5.41) is 14.1. The van der Waals surface area contributed by atoms with E-state index in [1.54, 1.807) is 12.3 Å². The highest BCUT2D eigenvalue weighted by Gasteiger charge is 2.07. The van der Waals surface area contributed by atoms with E-state index in [0.717, 1.165) is 22.6 Å². The maximum atomic E-state index is 7.38. The monoisotopic (exact) mass is 226 g/mol. The highest BCUT2D eigenvalue weighted by atomic mass is 15.1. The van der Waals surface area contributed by atoms with Gasteiger partial charge < -0.3 is 10.7 Å². The van der Waals surface area contributed by atoms with Crippen molar-refractivity contribution in [2.75, 3.05) is 0 Å². The smallest absolute Gasteiger partial charge is 0.156 e. The molecule has 0 aliphatic heterocycles. The molecular weight excluding hydrogens is 216 g/mol. The Morgan fingerprint density at radius 3 is 2.88 bits per heavy atom. The van der Waals surface area contributed by atoms with E-state index in [0.29, 0.717) is 5.56 Å². The van der Waals surface area contributed by atoms with Crippen molar-refractivity contribution in [2.45, 2.75) is 0 Å². The average molecular weight is 226 g/mol. The van der Waals surface area contributed by atoms with Crippen molar-refractivity contribution >= 4 is 16.9 Å². The van der Waals surface area contributed by atoms with Crippen LogP contribution in [-0.2, 0) is 0 Å². The lowest BCUT2D eigenvalue weighted by Gasteiger charge is -1.96. The molecule has 0 fully saturated rings. The molecule has 2 heterocycles. The molecule has 0 atom stereocenters. The lowest BCUT2D eigenvalue weighted by molar-refractivity contribution is 1.08. The minimum Gasteiger partial charge on any atom is -0.384 e. The van der Waals surface area contributed by atoms with Crippen molar-refractivity contribution in [1.82, 2.24) is 20.2 Å². The van der Waals surface area contributed by atoms with Gasteiger partial charge in [-0.1, -0.05) is 0 Å². The van der Waals surface area contributed by atoms with Crippen LogP contribution < -0.4 is 5.73 Å². The quantitative estimate of drug-likeness (QED) is 0.390. The third-order valence-corrected chi connectivity index (χ3v) is 2.55. The van der Waals surface area contributed by atoms with E-state index in [1.807, 2.05) is 18.2 Å². The minimum atomic E-state index is 0.0459. The van der Waals surface area contributed by atoms with Crippen molar-refractivity contribution in [3.05, 3.63) is 36.0 Å². The number of fused-ring (bicyclic) bond motifs is 1.